The molecule has 0 spiro atoms. The molecular weight excluding hydrogens is 353 g/mol. The second-order valence-electron chi connectivity index (χ2n) is 6.79. The van der Waals surface area contributed by atoms with Gasteiger partial charge >= 0.3 is 0 Å². The molecule has 0 amide bonds. The van der Waals surface area contributed by atoms with Crippen molar-refractivity contribution in [3.63, 3.8) is 0 Å². The lowest BCUT2D eigenvalue weighted by molar-refractivity contribution is 0.629. The predicted molar refractivity (Wildman–Crippen MR) is 113 cm³/mol. The zero-order valence-electron chi connectivity index (χ0n) is 15.8. The molecule has 2 aromatic carbocycles. The summed E-state index contributed by atoms with van der Waals surface area (Å²) in [6.07, 6.45) is 5.71. The maximum absolute atomic E-state index is 13.5. The van der Waals surface area contributed by atoms with Gasteiger partial charge < -0.3 is 20.6 Å². The van der Waals surface area contributed by atoms with Crippen LogP contribution in [0.25, 0.3) is 21.8 Å². The number of hydrogen-bond donors (Lipinski definition) is 4. The Morgan fingerprint density at radius 2 is 1.54 bits per heavy atom. The predicted octanol–water partition coefficient (Wildman–Crippen LogP) is 3.74. The van der Waals surface area contributed by atoms with Crippen LogP contribution in [0, 0.1) is 5.82 Å². The molecule has 0 radical (unpaired) electrons. The number of aliphatic imine (C=N–C) groups is 1. The van der Waals surface area contributed by atoms with Gasteiger partial charge in [-0.15, -0.1) is 0 Å². The second-order valence-corrected chi connectivity index (χ2v) is 6.79. The van der Waals surface area contributed by atoms with Crippen LogP contribution in [0.5, 0.6) is 0 Å². The average molecular weight is 377 g/mol. The summed E-state index contributed by atoms with van der Waals surface area (Å²) in [5.74, 6) is 0.557. The number of para-hydroxylation sites is 1. The lowest BCUT2D eigenvalue weighted by Gasteiger charge is -2.11. The monoisotopic (exact) mass is 377 g/mol. The molecule has 144 valence electrons. The van der Waals surface area contributed by atoms with E-state index in [-0.39, 0.29) is 5.82 Å². The van der Waals surface area contributed by atoms with E-state index in [4.69, 9.17) is 0 Å². The van der Waals surface area contributed by atoms with E-state index in [9.17, 15) is 4.39 Å². The van der Waals surface area contributed by atoms with Gasteiger partial charge in [-0.2, -0.15) is 0 Å². The summed E-state index contributed by atoms with van der Waals surface area (Å²) in [4.78, 5) is 10.8. The highest BCUT2D eigenvalue weighted by Gasteiger charge is 2.06. The van der Waals surface area contributed by atoms with E-state index in [2.05, 4.69) is 50.0 Å². The van der Waals surface area contributed by atoms with Gasteiger partial charge in [0.05, 0.1) is 0 Å². The highest BCUT2D eigenvalue weighted by atomic mass is 19.1. The van der Waals surface area contributed by atoms with Crippen molar-refractivity contribution < 1.29 is 4.39 Å². The largest absolute Gasteiger partial charge is 0.361 e. The number of hydrogen-bond acceptors (Lipinski definition) is 1. The van der Waals surface area contributed by atoms with Crippen molar-refractivity contribution in [3.8, 4) is 0 Å². The summed E-state index contributed by atoms with van der Waals surface area (Å²) in [6, 6.07) is 13.1. The Morgan fingerprint density at radius 3 is 2.25 bits per heavy atom. The number of halogens is 1. The number of benzene rings is 2. The summed E-state index contributed by atoms with van der Waals surface area (Å²) in [7, 11) is 1.77. The van der Waals surface area contributed by atoms with Gasteiger partial charge in [0, 0.05) is 54.3 Å². The van der Waals surface area contributed by atoms with E-state index in [1.54, 1.807) is 19.2 Å². The summed E-state index contributed by atoms with van der Waals surface area (Å²) in [5, 5.41) is 8.88. The maximum Gasteiger partial charge on any atom is 0.190 e. The van der Waals surface area contributed by atoms with Gasteiger partial charge in [0.1, 0.15) is 5.82 Å². The van der Waals surface area contributed by atoms with E-state index in [0.29, 0.717) is 0 Å². The van der Waals surface area contributed by atoms with Crippen molar-refractivity contribution in [1.29, 1.82) is 0 Å². The fourth-order valence-electron chi connectivity index (χ4n) is 3.55. The van der Waals surface area contributed by atoms with Crippen LogP contribution in [-0.2, 0) is 12.8 Å². The lowest BCUT2D eigenvalue weighted by Crippen LogP contribution is -2.39. The van der Waals surface area contributed by atoms with Gasteiger partial charge in [-0.05, 0) is 48.2 Å². The van der Waals surface area contributed by atoms with E-state index >= 15 is 0 Å². The number of nitrogens with zero attached hydrogens (tertiary/aromatic N) is 1. The van der Waals surface area contributed by atoms with Gasteiger partial charge in [-0.3, -0.25) is 4.99 Å². The van der Waals surface area contributed by atoms with E-state index in [1.807, 2.05) is 12.3 Å². The first-order valence-electron chi connectivity index (χ1n) is 9.49. The first-order chi connectivity index (χ1) is 13.7. The normalized spacial score (nSPS) is 12.0. The molecule has 0 fully saturated rings. The lowest BCUT2D eigenvalue weighted by atomic mass is 10.1. The highest BCUT2D eigenvalue weighted by Crippen LogP contribution is 2.20. The van der Waals surface area contributed by atoms with Crippen LogP contribution in [-0.4, -0.2) is 36.1 Å². The fraction of sp³-hybridized carbons (Fsp3) is 0.227. The third-order valence-corrected chi connectivity index (χ3v) is 5.00. The van der Waals surface area contributed by atoms with Crippen molar-refractivity contribution in [2.24, 2.45) is 4.99 Å². The zero-order chi connectivity index (χ0) is 19.3. The first-order valence-corrected chi connectivity index (χ1v) is 9.49. The molecule has 28 heavy (non-hydrogen) atoms. The Bertz CT molecular complexity index is 1110. The van der Waals surface area contributed by atoms with E-state index in [0.717, 1.165) is 53.9 Å². The van der Waals surface area contributed by atoms with Crippen LogP contribution in [0.1, 0.15) is 11.1 Å². The van der Waals surface area contributed by atoms with Crippen LogP contribution in [0.15, 0.2) is 59.9 Å². The second kappa shape index (κ2) is 8.17. The Morgan fingerprint density at radius 1 is 0.893 bits per heavy atom. The smallest absolute Gasteiger partial charge is 0.190 e. The van der Waals surface area contributed by atoms with Crippen LogP contribution >= 0.6 is 0 Å². The molecule has 2 heterocycles. The van der Waals surface area contributed by atoms with Crippen LogP contribution in [0.4, 0.5) is 4.39 Å². The molecule has 0 aliphatic rings. The molecule has 0 atom stereocenters. The molecule has 0 aliphatic carbocycles. The minimum atomic E-state index is -0.212. The van der Waals surface area contributed by atoms with Gasteiger partial charge in [0.15, 0.2) is 5.96 Å². The molecule has 6 heteroatoms. The standard InChI is InChI=1S/C22H24FN5/c1-24-22(25-10-8-15-13-27-20-5-3-2-4-18(15)20)26-11-9-16-14-28-21-7-6-17(23)12-19(16)21/h2-7,12-14,27-28H,8-11H2,1H3,(H2,24,25,26). The Kier molecular flexibility index (Phi) is 5.28. The summed E-state index contributed by atoms with van der Waals surface area (Å²) < 4.78 is 13.5. The summed E-state index contributed by atoms with van der Waals surface area (Å²) in [5.41, 5.74) is 4.50. The molecule has 5 nitrogen and oxygen atoms in total. The average Bonchev–Trinajstić information content (AvgIpc) is 3.31. The van der Waals surface area contributed by atoms with Gasteiger partial charge in [-0.25, -0.2) is 4.39 Å². The molecule has 4 rings (SSSR count). The highest BCUT2D eigenvalue weighted by molar-refractivity contribution is 5.84. The molecule has 0 saturated carbocycles. The molecule has 0 saturated heterocycles. The minimum absolute atomic E-state index is 0.212. The van der Waals surface area contributed by atoms with Gasteiger partial charge in [-0.1, -0.05) is 18.2 Å². The fourth-order valence-corrected chi connectivity index (χ4v) is 3.55. The van der Waals surface area contributed by atoms with Crippen LogP contribution in [0.3, 0.4) is 0 Å². The SMILES string of the molecule is CN=C(NCCc1c[nH]c2ccccc12)NCCc1c[nH]c2ccc(F)cc12. The third kappa shape index (κ3) is 3.86. The number of fused-ring (bicyclic) bond motifs is 2. The first kappa shape index (κ1) is 18.1. The van der Waals surface area contributed by atoms with Crippen molar-refractivity contribution >= 4 is 27.8 Å². The van der Waals surface area contributed by atoms with Crippen LogP contribution in [0.2, 0.25) is 0 Å². The molecule has 0 bridgehead atoms. The van der Waals surface area contributed by atoms with Gasteiger partial charge in [0.25, 0.3) is 0 Å². The van der Waals surface area contributed by atoms with Crippen molar-refractivity contribution in [2.45, 2.75) is 12.8 Å². The Labute approximate surface area is 163 Å². The number of aromatic amines is 2. The number of aromatic nitrogens is 2. The number of rotatable bonds is 6. The molecular formula is C22H24FN5. The molecule has 2 aromatic heterocycles. The molecule has 4 N–H and O–H groups in total. The topological polar surface area (TPSA) is 68.0 Å². The number of nitrogens with one attached hydrogen (secondary N) is 4. The Balaban J connectivity index is 1.28. The maximum atomic E-state index is 13.5. The van der Waals surface area contributed by atoms with Crippen molar-refractivity contribution in [2.75, 3.05) is 20.1 Å². The van der Waals surface area contributed by atoms with Crippen LogP contribution < -0.4 is 10.6 Å². The molecule has 0 unspecified atom stereocenters. The zero-order valence-corrected chi connectivity index (χ0v) is 15.8. The minimum Gasteiger partial charge on any atom is -0.361 e. The molecule has 0 aliphatic heterocycles. The Hall–Kier alpha value is -3.28. The quantitative estimate of drug-likeness (QED) is 0.305. The summed E-state index contributed by atoms with van der Waals surface area (Å²) >= 11 is 0. The summed E-state index contributed by atoms with van der Waals surface area (Å²) in [6.45, 7) is 1.51. The number of H-pyrrole nitrogens is 2. The number of guanidine groups is 1. The van der Waals surface area contributed by atoms with E-state index < -0.39 is 0 Å². The van der Waals surface area contributed by atoms with E-state index in [1.165, 1.54) is 17.0 Å². The van der Waals surface area contributed by atoms with Crippen molar-refractivity contribution in [3.05, 3.63) is 71.8 Å². The third-order valence-electron chi connectivity index (χ3n) is 5.00. The van der Waals surface area contributed by atoms with Gasteiger partial charge in [0.2, 0.25) is 0 Å². The van der Waals surface area contributed by atoms with Crippen molar-refractivity contribution in [1.82, 2.24) is 20.6 Å². The molecule has 4 aromatic rings.